The van der Waals surface area contributed by atoms with Crippen molar-refractivity contribution in [2.45, 2.75) is 84.7 Å². The van der Waals surface area contributed by atoms with Crippen LogP contribution in [0.1, 0.15) is 77.7 Å². The Hall–Kier alpha value is -2.43. The maximum Gasteiger partial charge on any atom is 0.306 e. The predicted octanol–water partition coefficient (Wildman–Crippen LogP) is 6.16. The van der Waals surface area contributed by atoms with Gasteiger partial charge in [-0.3, -0.25) is 4.79 Å². The van der Waals surface area contributed by atoms with E-state index in [0.29, 0.717) is 31.0 Å². The number of aromatic nitrogens is 2. The van der Waals surface area contributed by atoms with Crippen LogP contribution in [0.15, 0.2) is 36.7 Å². The molecular weight excluding hydrogens is 376 g/mol. The minimum atomic E-state index is -0.131. The summed E-state index contributed by atoms with van der Waals surface area (Å²) in [4.78, 5) is 20.5. The van der Waals surface area contributed by atoms with Gasteiger partial charge in [-0.1, -0.05) is 70.2 Å². The highest BCUT2D eigenvalue weighted by Gasteiger charge is 2.10. The summed E-state index contributed by atoms with van der Waals surface area (Å²) in [5.74, 6) is 1.26. The van der Waals surface area contributed by atoms with Gasteiger partial charge in [-0.2, -0.15) is 0 Å². The van der Waals surface area contributed by atoms with Gasteiger partial charge in [-0.05, 0) is 25.3 Å². The molecule has 164 valence electrons. The number of benzene rings is 1. The molecule has 0 radical (unpaired) electrons. The molecule has 2 rings (SSSR count). The van der Waals surface area contributed by atoms with Crippen molar-refractivity contribution in [3.05, 3.63) is 42.2 Å². The number of ether oxygens (including phenoxy) is 2. The van der Waals surface area contributed by atoms with E-state index in [1.807, 2.05) is 38.1 Å². The van der Waals surface area contributed by atoms with Crippen molar-refractivity contribution >= 4 is 5.97 Å². The van der Waals surface area contributed by atoms with Crippen LogP contribution < -0.4 is 4.74 Å². The zero-order chi connectivity index (χ0) is 21.6. The van der Waals surface area contributed by atoms with Gasteiger partial charge in [-0.15, -0.1) is 0 Å². The van der Waals surface area contributed by atoms with Gasteiger partial charge >= 0.3 is 5.97 Å². The summed E-state index contributed by atoms with van der Waals surface area (Å²) in [5.41, 5.74) is 2.08. The number of esters is 1. The lowest BCUT2D eigenvalue weighted by atomic mass is 10.1. The molecule has 2 aromatic rings. The summed E-state index contributed by atoms with van der Waals surface area (Å²) in [6.07, 6.45) is 12.8. The van der Waals surface area contributed by atoms with Crippen LogP contribution in [0.4, 0.5) is 0 Å². The van der Waals surface area contributed by atoms with Gasteiger partial charge in [-0.25, -0.2) is 9.97 Å². The van der Waals surface area contributed by atoms with Crippen molar-refractivity contribution in [3.63, 3.8) is 0 Å². The minimum absolute atomic E-state index is 0.130. The highest BCUT2D eigenvalue weighted by molar-refractivity contribution is 5.69. The molecule has 0 saturated heterocycles. The van der Waals surface area contributed by atoms with Crippen molar-refractivity contribution in [2.24, 2.45) is 0 Å². The highest BCUT2D eigenvalue weighted by Crippen LogP contribution is 2.19. The Balaban J connectivity index is 1.77. The van der Waals surface area contributed by atoms with E-state index in [1.54, 1.807) is 12.4 Å². The zero-order valence-electron chi connectivity index (χ0n) is 18.7. The second kappa shape index (κ2) is 13.7. The van der Waals surface area contributed by atoms with Crippen molar-refractivity contribution < 1.29 is 14.3 Å². The van der Waals surface area contributed by atoms with Gasteiger partial charge in [0.25, 0.3) is 0 Å². The maximum atomic E-state index is 11.6. The molecule has 1 atom stereocenters. The van der Waals surface area contributed by atoms with E-state index >= 15 is 0 Å². The summed E-state index contributed by atoms with van der Waals surface area (Å²) < 4.78 is 11.2. The van der Waals surface area contributed by atoms with Crippen LogP contribution in [-0.2, 0) is 16.0 Å². The molecule has 30 heavy (non-hydrogen) atoms. The first kappa shape index (κ1) is 23.8. The maximum absolute atomic E-state index is 11.6. The van der Waals surface area contributed by atoms with Crippen molar-refractivity contribution in [2.75, 3.05) is 6.61 Å². The summed E-state index contributed by atoms with van der Waals surface area (Å²) in [5, 5.41) is 0. The predicted molar refractivity (Wildman–Crippen MR) is 121 cm³/mol. The lowest BCUT2D eigenvalue weighted by Crippen LogP contribution is -2.16. The SMILES string of the molecule is CCCCCCCCOc1cnc(-c2ccc(CC(C)OC(=O)CCC)cc2)nc1. The molecule has 0 saturated carbocycles. The van der Waals surface area contributed by atoms with E-state index in [4.69, 9.17) is 9.47 Å². The van der Waals surface area contributed by atoms with E-state index in [9.17, 15) is 4.79 Å². The van der Waals surface area contributed by atoms with Gasteiger partial charge < -0.3 is 9.47 Å². The van der Waals surface area contributed by atoms with Gasteiger partial charge in [0, 0.05) is 18.4 Å². The number of carbonyl (C=O) groups is 1. The molecular formula is C25H36N2O3. The Morgan fingerprint density at radius 1 is 0.933 bits per heavy atom. The second-order valence-electron chi connectivity index (χ2n) is 7.81. The van der Waals surface area contributed by atoms with E-state index in [0.717, 1.165) is 24.0 Å². The van der Waals surface area contributed by atoms with E-state index < -0.39 is 0 Å². The summed E-state index contributed by atoms with van der Waals surface area (Å²) in [7, 11) is 0. The first-order valence-electron chi connectivity index (χ1n) is 11.4. The highest BCUT2D eigenvalue weighted by atomic mass is 16.5. The molecule has 0 spiro atoms. The van der Waals surface area contributed by atoms with Crippen LogP contribution in [0, 0.1) is 0 Å². The molecule has 0 bridgehead atoms. The number of carbonyl (C=O) groups excluding carboxylic acids is 1. The zero-order valence-corrected chi connectivity index (χ0v) is 18.7. The largest absolute Gasteiger partial charge is 0.490 e. The Labute approximate surface area is 181 Å². The number of hydrogen-bond donors (Lipinski definition) is 0. The molecule has 0 N–H and O–H groups in total. The Morgan fingerprint density at radius 2 is 1.60 bits per heavy atom. The van der Waals surface area contributed by atoms with Crippen molar-refractivity contribution in [1.82, 2.24) is 9.97 Å². The number of hydrogen-bond acceptors (Lipinski definition) is 5. The first-order valence-corrected chi connectivity index (χ1v) is 11.4. The molecule has 0 aliphatic heterocycles. The number of unbranched alkanes of at least 4 members (excludes halogenated alkanes) is 5. The average molecular weight is 413 g/mol. The molecule has 1 unspecified atom stereocenters. The smallest absolute Gasteiger partial charge is 0.306 e. The van der Waals surface area contributed by atoms with Crippen LogP contribution in [0.3, 0.4) is 0 Å². The second-order valence-corrected chi connectivity index (χ2v) is 7.81. The molecule has 5 nitrogen and oxygen atoms in total. The molecule has 5 heteroatoms. The van der Waals surface area contributed by atoms with Crippen LogP contribution in [0.2, 0.25) is 0 Å². The number of rotatable bonds is 14. The van der Waals surface area contributed by atoms with Gasteiger partial charge in [0.05, 0.1) is 19.0 Å². The third-order valence-electron chi connectivity index (χ3n) is 4.92. The fraction of sp³-hybridized carbons (Fsp3) is 0.560. The van der Waals surface area contributed by atoms with Crippen molar-refractivity contribution in [1.29, 1.82) is 0 Å². The fourth-order valence-corrected chi connectivity index (χ4v) is 3.26. The Kier molecular flexibility index (Phi) is 10.9. The van der Waals surface area contributed by atoms with Crippen LogP contribution >= 0.6 is 0 Å². The molecule has 0 amide bonds. The molecule has 0 fully saturated rings. The lowest BCUT2D eigenvalue weighted by Gasteiger charge is -2.13. The monoisotopic (exact) mass is 412 g/mol. The van der Waals surface area contributed by atoms with E-state index in [1.165, 1.54) is 32.1 Å². The Morgan fingerprint density at radius 3 is 2.27 bits per heavy atom. The van der Waals surface area contributed by atoms with E-state index in [2.05, 4.69) is 16.9 Å². The third kappa shape index (κ3) is 8.93. The normalized spacial score (nSPS) is 11.8. The van der Waals surface area contributed by atoms with Gasteiger partial charge in [0.15, 0.2) is 11.6 Å². The molecule has 0 aliphatic rings. The quantitative estimate of drug-likeness (QED) is 0.275. The molecule has 1 aromatic carbocycles. The average Bonchev–Trinajstić information content (AvgIpc) is 2.74. The van der Waals surface area contributed by atoms with Crippen LogP contribution in [0.5, 0.6) is 5.75 Å². The van der Waals surface area contributed by atoms with Crippen molar-refractivity contribution in [3.8, 4) is 17.1 Å². The summed E-state index contributed by atoms with van der Waals surface area (Å²) in [6.45, 7) is 6.84. The topological polar surface area (TPSA) is 61.3 Å². The van der Waals surface area contributed by atoms with Gasteiger partial charge in [0.2, 0.25) is 0 Å². The minimum Gasteiger partial charge on any atom is -0.490 e. The summed E-state index contributed by atoms with van der Waals surface area (Å²) in [6, 6.07) is 8.07. The lowest BCUT2D eigenvalue weighted by molar-refractivity contribution is -0.148. The fourth-order valence-electron chi connectivity index (χ4n) is 3.26. The van der Waals surface area contributed by atoms with Gasteiger partial charge in [0.1, 0.15) is 6.10 Å². The van der Waals surface area contributed by atoms with Crippen LogP contribution in [-0.4, -0.2) is 28.6 Å². The standard InChI is InChI=1S/C25H36N2O3/c1-4-6-7-8-9-10-16-29-23-18-26-25(27-19-23)22-14-12-21(13-15-22)17-20(3)30-24(28)11-5-2/h12-15,18-20H,4-11,16-17H2,1-3H3. The summed E-state index contributed by atoms with van der Waals surface area (Å²) >= 11 is 0. The number of nitrogens with zero attached hydrogens (tertiary/aromatic N) is 2. The molecule has 1 aromatic heterocycles. The first-order chi connectivity index (χ1) is 14.6. The van der Waals surface area contributed by atoms with E-state index in [-0.39, 0.29) is 12.1 Å². The Bertz CT molecular complexity index is 729. The van der Waals surface area contributed by atoms with Crippen LogP contribution in [0.25, 0.3) is 11.4 Å². The third-order valence-corrected chi connectivity index (χ3v) is 4.92. The molecule has 1 heterocycles. The molecule has 0 aliphatic carbocycles.